The van der Waals surface area contributed by atoms with E-state index in [2.05, 4.69) is 11.9 Å². The molecule has 2 aromatic heterocycles. The highest BCUT2D eigenvalue weighted by Crippen LogP contribution is 2.36. The number of aromatic amines is 1. The number of halogens is 1. The van der Waals surface area contributed by atoms with Crippen molar-refractivity contribution in [2.24, 2.45) is 5.92 Å². The summed E-state index contributed by atoms with van der Waals surface area (Å²) >= 11 is 9.15. The lowest BCUT2D eigenvalue weighted by Gasteiger charge is -2.17. The Kier molecular flexibility index (Phi) is 4.41. The van der Waals surface area contributed by atoms with Crippen LogP contribution in [0.1, 0.15) is 29.3 Å². The van der Waals surface area contributed by atoms with Gasteiger partial charge in [-0.3, -0.25) is 4.79 Å². The molecule has 1 aliphatic carbocycles. The zero-order chi connectivity index (χ0) is 16.7. The third kappa shape index (κ3) is 3.13. The molecular formula is C18H17ClN2OS2. The maximum absolute atomic E-state index is 12.6. The molecule has 4 rings (SSSR count). The largest absolute Gasteiger partial charge is 0.301 e. The van der Waals surface area contributed by atoms with Crippen LogP contribution in [-0.2, 0) is 18.6 Å². The van der Waals surface area contributed by atoms with Crippen molar-refractivity contribution in [3.8, 4) is 0 Å². The highest BCUT2D eigenvalue weighted by molar-refractivity contribution is 7.98. The van der Waals surface area contributed by atoms with Crippen LogP contribution in [0.15, 0.2) is 34.2 Å². The number of hydrogen-bond donors (Lipinski definition) is 1. The van der Waals surface area contributed by atoms with Gasteiger partial charge in [-0.1, -0.05) is 42.4 Å². The molecule has 0 saturated heterocycles. The van der Waals surface area contributed by atoms with Gasteiger partial charge in [0, 0.05) is 15.7 Å². The number of fused-ring (bicyclic) bond motifs is 3. The molecule has 0 amide bonds. The van der Waals surface area contributed by atoms with E-state index < -0.39 is 0 Å². The first kappa shape index (κ1) is 16.2. The molecular weight excluding hydrogens is 360 g/mol. The number of nitrogens with zero attached hydrogens (tertiary/aromatic N) is 1. The second-order valence-electron chi connectivity index (χ2n) is 6.32. The lowest BCUT2D eigenvalue weighted by molar-refractivity contribution is 0.509. The number of thiophene rings is 1. The Morgan fingerprint density at radius 3 is 2.96 bits per heavy atom. The van der Waals surface area contributed by atoms with Crippen LogP contribution in [0.25, 0.3) is 10.2 Å². The number of H-pyrrole nitrogens is 1. The van der Waals surface area contributed by atoms with Crippen molar-refractivity contribution in [3.63, 3.8) is 0 Å². The fourth-order valence-corrected chi connectivity index (χ4v) is 5.51. The van der Waals surface area contributed by atoms with Crippen molar-refractivity contribution >= 4 is 44.9 Å². The minimum Gasteiger partial charge on any atom is -0.301 e. The molecule has 1 aromatic carbocycles. The summed E-state index contributed by atoms with van der Waals surface area (Å²) in [7, 11) is 0. The topological polar surface area (TPSA) is 45.8 Å². The number of nitrogens with one attached hydrogen (secondary N) is 1. The van der Waals surface area contributed by atoms with Crippen LogP contribution in [0.3, 0.4) is 0 Å². The molecule has 1 unspecified atom stereocenters. The van der Waals surface area contributed by atoms with Gasteiger partial charge in [-0.2, -0.15) is 0 Å². The highest BCUT2D eigenvalue weighted by atomic mass is 35.5. The molecule has 0 fully saturated rings. The Hall–Kier alpha value is -1.30. The lowest BCUT2D eigenvalue weighted by atomic mass is 9.89. The van der Waals surface area contributed by atoms with Gasteiger partial charge in [0.05, 0.1) is 5.39 Å². The van der Waals surface area contributed by atoms with E-state index in [4.69, 9.17) is 16.6 Å². The summed E-state index contributed by atoms with van der Waals surface area (Å²) in [6.45, 7) is 2.28. The van der Waals surface area contributed by atoms with Gasteiger partial charge >= 0.3 is 0 Å². The van der Waals surface area contributed by atoms with Crippen molar-refractivity contribution < 1.29 is 0 Å². The molecule has 24 heavy (non-hydrogen) atoms. The van der Waals surface area contributed by atoms with E-state index in [1.807, 2.05) is 24.3 Å². The van der Waals surface area contributed by atoms with E-state index in [0.29, 0.717) is 11.1 Å². The van der Waals surface area contributed by atoms with Gasteiger partial charge in [0.15, 0.2) is 5.16 Å². The van der Waals surface area contributed by atoms with Gasteiger partial charge in [0.25, 0.3) is 5.56 Å². The summed E-state index contributed by atoms with van der Waals surface area (Å²) in [6.07, 6.45) is 3.23. The van der Waals surface area contributed by atoms with E-state index in [1.54, 1.807) is 23.1 Å². The van der Waals surface area contributed by atoms with Crippen molar-refractivity contribution in [1.82, 2.24) is 9.97 Å². The molecule has 0 saturated carbocycles. The molecule has 2 heterocycles. The molecule has 6 heteroatoms. The van der Waals surface area contributed by atoms with Gasteiger partial charge in [0.2, 0.25) is 0 Å². The average molecular weight is 377 g/mol. The fraction of sp³-hybridized carbons (Fsp3) is 0.333. The Bertz CT molecular complexity index is 946. The maximum Gasteiger partial charge on any atom is 0.260 e. The van der Waals surface area contributed by atoms with Crippen molar-refractivity contribution in [1.29, 1.82) is 0 Å². The number of rotatable bonds is 3. The SMILES string of the molecule is CC1CCc2c(sc3nc(SCc4ccc(Cl)cc4)[nH]c(=O)c23)C1. The van der Waals surface area contributed by atoms with Crippen LogP contribution in [0.5, 0.6) is 0 Å². The third-order valence-corrected chi connectivity index (χ3v) is 6.78. The third-order valence-electron chi connectivity index (χ3n) is 4.43. The maximum atomic E-state index is 12.6. The van der Waals surface area contributed by atoms with Crippen LogP contribution < -0.4 is 5.56 Å². The quantitative estimate of drug-likeness (QED) is 0.513. The Balaban J connectivity index is 1.63. The molecule has 1 aliphatic rings. The summed E-state index contributed by atoms with van der Waals surface area (Å²) < 4.78 is 0. The zero-order valence-electron chi connectivity index (χ0n) is 13.3. The Morgan fingerprint density at radius 2 is 2.17 bits per heavy atom. The molecule has 0 bridgehead atoms. The van der Waals surface area contributed by atoms with Crippen molar-refractivity contribution in [3.05, 3.63) is 55.6 Å². The summed E-state index contributed by atoms with van der Waals surface area (Å²) in [5, 5.41) is 2.24. The van der Waals surface area contributed by atoms with Crippen LogP contribution in [-0.4, -0.2) is 9.97 Å². The summed E-state index contributed by atoms with van der Waals surface area (Å²) in [5.74, 6) is 1.46. The van der Waals surface area contributed by atoms with E-state index in [1.165, 1.54) is 10.4 Å². The molecule has 1 atom stereocenters. The fourth-order valence-electron chi connectivity index (χ4n) is 3.13. The average Bonchev–Trinajstić information content (AvgIpc) is 2.92. The van der Waals surface area contributed by atoms with E-state index in [0.717, 1.165) is 45.8 Å². The van der Waals surface area contributed by atoms with E-state index in [-0.39, 0.29) is 5.56 Å². The minimum atomic E-state index is 0.00524. The van der Waals surface area contributed by atoms with Crippen molar-refractivity contribution in [2.45, 2.75) is 37.1 Å². The molecule has 3 aromatic rings. The van der Waals surface area contributed by atoms with Gasteiger partial charge < -0.3 is 4.98 Å². The van der Waals surface area contributed by atoms with Crippen LogP contribution in [0, 0.1) is 5.92 Å². The van der Waals surface area contributed by atoms with Gasteiger partial charge in [-0.25, -0.2) is 4.98 Å². The van der Waals surface area contributed by atoms with Crippen molar-refractivity contribution in [2.75, 3.05) is 0 Å². The highest BCUT2D eigenvalue weighted by Gasteiger charge is 2.23. The standard InChI is InChI=1S/C18H17ClN2OS2/c1-10-2-7-13-14(8-10)24-17-15(13)16(22)20-18(21-17)23-9-11-3-5-12(19)6-4-11/h3-6,10H,2,7-9H2,1H3,(H,20,21,22). The van der Waals surface area contributed by atoms with Crippen LogP contribution >= 0.6 is 34.7 Å². The molecule has 1 N–H and O–H groups in total. The number of aromatic nitrogens is 2. The monoisotopic (exact) mass is 376 g/mol. The Morgan fingerprint density at radius 1 is 1.38 bits per heavy atom. The lowest BCUT2D eigenvalue weighted by Crippen LogP contribution is -2.13. The molecule has 0 spiro atoms. The van der Waals surface area contributed by atoms with E-state index >= 15 is 0 Å². The zero-order valence-corrected chi connectivity index (χ0v) is 15.7. The van der Waals surface area contributed by atoms with E-state index in [9.17, 15) is 4.79 Å². The number of hydrogen-bond acceptors (Lipinski definition) is 4. The summed E-state index contributed by atoms with van der Waals surface area (Å²) in [4.78, 5) is 22.4. The van der Waals surface area contributed by atoms with Gasteiger partial charge in [-0.05, 0) is 48.4 Å². The van der Waals surface area contributed by atoms with Gasteiger partial charge in [-0.15, -0.1) is 11.3 Å². The molecule has 0 aliphatic heterocycles. The second kappa shape index (κ2) is 6.54. The molecule has 124 valence electrons. The first-order valence-electron chi connectivity index (χ1n) is 8.02. The van der Waals surface area contributed by atoms with Crippen LogP contribution in [0.2, 0.25) is 5.02 Å². The predicted octanol–water partition coefficient (Wildman–Crippen LogP) is 5.06. The first-order valence-corrected chi connectivity index (χ1v) is 10.2. The first-order chi connectivity index (χ1) is 11.6. The predicted molar refractivity (Wildman–Crippen MR) is 102 cm³/mol. The Labute approximate surface area is 153 Å². The molecule has 3 nitrogen and oxygen atoms in total. The smallest absolute Gasteiger partial charge is 0.260 e. The minimum absolute atomic E-state index is 0.00524. The molecule has 0 radical (unpaired) electrons. The summed E-state index contributed by atoms with van der Waals surface area (Å²) in [5.41, 5.74) is 2.40. The number of thioether (sulfide) groups is 1. The number of benzene rings is 1. The number of aryl methyl sites for hydroxylation is 1. The van der Waals surface area contributed by atoms with Crippen LogP contribution in [0.4, 0.5) is 0 Å². The normalized spacial score (nSPS) is 17.2. The summed E-state index contributed by atoms with van der Waals surface area (Å²) in [6, 6.07) is 7.75. The van der Waals surface area contributed by atoms with Gasteiger partial charge in [0.1, 0.15) is 4.83 Å². The second-order valence-corrected chi connectivity index (χ2v) is 8.80.